The number of pyridine rings is 1. The van der Waals surface area contributed by atoms with Crippen molar-refractivity contribution in [2.24, 2.45) is 0 Å². The molecule has 0 aromatic carbocycles. The molecule has 1 rings (SSSR count). The van der Waals surface area contributed by atoms with Crippen LogP contribution in [0.1, 0.15) is 5.56 Å². The predicted octanol–water partition coefficient (Wildman–Crippen LogP) is 1.22. The van der Waals surface area contributed by atoms with Crippen molar-refractivity contribution in [3.63, 3.8) is 0 Å². The molecule has 0 aliphatic rings. The molecule has 0 spiro atoms. The topological polar surface area (TPSA) is 65.5 Å². The van der Waals surface area contributed by atoms with Gasteiger partial charge in [-0.3, -0.25) is 4.18 Å². The lowest BCUT2D eigenvalue weighted by molar-refractivity contribution is 0.311. The minimum absolute atomic E-state index is 0.130. The molecule has 1 aromatic heterocycles. The van der Waals surface area contributed by atoms with Crippen LogP contribution in [-0.2, 0) is 20.9 Å². The van der Waals surface area contributed by atoms with Gasteiger partial charge in [-0.25, -0.2) is 4.98 Å². The first-order valence-electron chi connectivity index (χ1n) is 3.96. The van der Waals surface area contributed by atoms with Crippen molar-refractivity contribution in [3.8, 4) is 5.88 Å². The van der Waals surface area contributed by atoms with Gasteiger partial charge in [-0.05, 0) is 6.07 Å². The van der Waals surface area contributed by atoms with Gasteiger partial charge < -0.3 is 4.74 Å². The molecule has 0 atom stereocenters. The molecule has 0 N–H and O–H groups in total. The van der Waals surface area contributed by atoms with E-state index >= 15 is 0 Å². The van der Waals surface area contributed by atoms with Gasteiger partial charge in [0, 0.05) is 11.6 Å². The molecule has 1 aromatic rings. The molecule has 0 bridgehead atoms. The van der Waals surface area contributed by atoms with E-state index < -0.39 is 10.1 Å². The summed E-state index contributed by atoms with van der Waals surface area (Å²) in [7, 11) is -2.01. The maximum absolute atomic E-state index is 10.7. The van der Waals surface area contributed by atoms with Crippen molar-refractivity contribution in [1.29, 1.82) is 0 Å². The fourth-order valence-corrected chi connectivity index (χ4v) is 1.38. The van der Waals surface area contributed by atoms with Gasteiger partial charge in [0.15, 0.2) is 0 Å². The second-order valence-electron chi connectivity index (χ2n) is 2.77. The molecule has 0 saturated carbocycles. The molecule has 0 saturated heterocycles. The maximum Gasteiger partial charge on any atom is 0.264 e. The van der Waals surface area contributed by atoms with Crippen LogP contribution in [0.3, 0.4) is 0 Å². The Hall–Kier alpha value is -0.850. The molecule has 7 heteroatoms. The van der Waals surface area contributed by atoms with Crippen molar-refractivity contribution in [2.75, 3.05) is 13.4 Å². The van der Waals surface area contributed by atoms with Gasteiger partial charge in [0.05, 0.1) is 20.0 Å². The number of halogens is 1. The van der Waals surface area contributed by atoms with Crippen LogP contribution < -0.4 is 4.74 Å². The first-order chi connectivity index (χ1) is 6.92. The third-order valence-corrected chi connectivity index (χ3v) is 2.41. The average molecular weight is 252 g/mol. The summed E-state index contributed by atoms with van der Waals surface area (Å²) < 4.78 is 30.9. The Kier molecular flexibility index (Phi) is 3.90. The second-order valence-corrected chi connectivity index (χ2v) is 4.77. The van der Waals surface area contributed by atoms with Crippen molar-refractivity contribution in [1.82, 2.24) is 4.98 Å². The number of rotatable bonds is 4. The molecule has 84 valence electrons. The zero-order valence-corrected chi connectivity index (χ0v) is 9.80. The summed E-state index contributed by atoms with van der Waals surface area (Å²) >= 11 is 5.77. The third kappa shape index (κ3) is 4.03. The molecule has 15 heavy (non-hydrogen) atoms. The van der Waals surface area contributed by atoms with Gasteiger partial charge in [-0.15, -0.1) is 0 Å². The Labute approximate surface area is 93.1 Å². The monoisotopic (exact) mass is 251 g/mol. The van der Waals surface area contributed by atoms with Crippen molar-refractivity contribution in [2.45, 2.75) is 6.61 Å². The van der Waals surface area contributed by atoms with E-state index in [1.807, 2.05) is 0 Å². The van der Waals surface area contributed by atoms with Gasteiger partial charge in [0.1, 0.15) is 5.15 Å². The van der Waals surface area contributed by atoms with E-state index in [2.05, 4.69) is 9.17 Å². The summed E-state index contributed by atoms with van der Waals surface area (Å²) in [5.74, 6) is 0.364. The molecule has 0 unspecified atom stereocenters. The summed E-state index contributed by atoms with van der Waals surface area (Å²) in [6.45, 7) is -0.130. The minimum atomic E-state index is -3.47. The molecular formula is C8H10ClNO4S. The number of nitrogens with zero attached hydrogens (tertiary/aromatic N) is 1. The van der Waals surface area contributed by atoms with E-state index in [1.54, 1.807) is 12.1 Å². The van der Waals surface area contributed by atoms with E-state index in [1.165, 1.54) is 7.11 Å². The number of ether oxygens (including phenoxy) is 1. The minimum Gasteiger partial charge on any atom is -0.481 e. The quantitative estimate of drug-likeness (QED) is 0.595. The van der Waals surface area contributed by atoms with Crippen LogP contribution in [0.2, 0.25) is 5.15 Å². The number of hydrogen-bond acceptors (Lipinski definition) is 5. The first-order valence-corrected chi connectivity index (χ1v) is 6.15. The summed E-state index contributed by atoms with van der Waals surface area (Å²) in [5, 5.41) is 0.165. The van der Waals surface area contributed by atoms with Crippen LogP contribution in [-0.4, -0.2) is 26.8 Å². The molecule has 1 heterocycles. The lowest BCUT2D eigenvalue weighted by atomic mass is 10.3. The molecular weight excluding hydrogens is 242 g/mol. The standard InChI is InChI=1S/C8H10ClNO4S/c1-13-7-4-3-6(8(9)10-7)5-14-15(2,11)12/h3-4H,5H2,1-2H3. The van der Waals surface area contributed by atoms with Gasteiger partial charge >= 0.3 is 0 Å². The summed E-state index contributed by atoms with van der Waals surface area (Å²) in [6.07, 6.45) is 0.970. The second kappa shape index (κ2) is 4.78. The van der Waals surface area contributed by atoms with E-state index in [0.717, 1.165) is 6.26 Å². The zero-order chi connectivity index (χ0) is 11.5. The number of methoxy groups -OCH3 is 1. The zero-order valence-electron chi connectivity index (χ0n) is 8.23. The molecule has 0 fully saturated rings. The normalized spacial score (nSPS) is 11.4. The van der Waals surface area contributed by atoms with Crippen LogP contribution in [0.15, 0.2) is 12.1 Å². The summed E-state index contributed by atoms with van der Waals surface area (Å²) in [6, 6.07) is 3.17. The SMILES string of the molecule is COc1ccc(COS(C)(=O)=O)c(Cl)n1. The molecule has 0 amide bonds. The Bertz CT molecular complexity index is 446. The van der Waals surface area contributed by atoms with Crippen molar-refractivity contribution in [3.05, 3.63) is 22.8 Å². The van der Waals surface area contributed by atoms with Crippen LogP contribution in [0, 0.1) is 0 Å². The van der Waals surface area contributed by atoms with E-state index in [0.29, 0.717) is 11.4 Å². The van der Waals surface area contributed by atoms with Gasteiger partial charge in [0.2, 0.25) is 5.88 Å². The number of aromatic nitrogens is 1. The molecule has 0 aliphatic heterocycles. The highest BCUT2D eigenvalue weighted by atomic mass is 35.5. The van der Waals surface area contributed by atoms with Gasteiger partial charge in [0.25, 0.3) is 10.1 Å². The fourth-order valence-electron chi connectivity index (χ4n) is 0.838. The predicted molar refractivity (Wildman–Crippen MR) is 55.4 cm³/mol. The Morgan fingerprint density at radius 3 is 2.60 bits per heavy atom. The van der Waals surface area contributed by atoms with Crippen molar-refractivity contribution >= 4 is 21.7 Å². The smallest absolute Gasteiger partial charge is 0.264 e. The first kappa shape index (κ1) is 12.2. The summed E-state index contributed by atoms with van der Waals surface area (Å²) in [5.41, 5.74) is 0.489. The lowest BCUT2D eigenvalue weighted by Gasteiger charge is -2.05. The van der Waals surface area contributed by atoms with E-state index in [-0.39, 0.29) is 11.8 Å². The highest BCUT2D eigenvalue weighted by Gasteiger charge is 2.07. The fraction of sp³-hybridized carbons (Fsp3) is 0.375. The van der Waals surface area contributed by atoms with Crippen LogP contribution in [0.4, 0.5) is 0 Å². The molecule has 0 aliphatic carbocycles. The van der Waals surface area contributed by atoms with Crippen LogP contribution in [0.5, 0.6) is 5.88 Å². The highest BCUT2D eigenvalue weighted by molar-refractivity contribution is 7.85. The van der Waals surface area contributed by atoms with Gasteiger partial charge in [-0.1, -0.05) is 11.6 Å². The number of hydrogen-bond donors (Lipinski definition) is 0. The van der Waals surface area contributed by atoms with E-state index in [9.17, 15) is 8.42 Å². The van der Waals surface area contributed by atoms with Crippen LogP contribution >= 0.6 is 11.6 Å². The molecule has 0 radical (unpaired) electrons. The Balaban J connectivity index is 2.79. The van der Waals surface area contributed by atoms with Crippen molar-refractivity contribution < 1.29 is 17.3 Å². The van der Waals surface area contributed by atoms with E-state index in [4.69, 9.17) is 16.3 Å². The summed E-state index contributed by atoms with van der Waals surface area (Å²) in [4.78, 5) is 3.86. The lowest BCUT2D eigenvalue weighted by Crippen LogP contribution is -2.03. The molecule has 5 nitrogen and oxygen atoms in total. The van der Waals surface area contributed by atoms with Crippen LogP contribution in [0.25, 0.3) is 0 Å². The largest absolute Gasteiger partial charge is 0.481 e. The Morgan fingerprint density at radius 2 is 2.13 bits per heavy atom. The average Bonchev–Trinajstić information content (AvgIpc) is 2.14. The van der Waals surface area contributed by atoms with Gasteiger partial charge in [-0.2, -0.15) is 8.42 Å². The third-order valence-electron chi connectivity index (χ3n) is 1.54. The maximum atomic E-state index is 10.7. The Morgan fingerprint density at radius 1 is 1.47 bits per heavy atom. The highest BCUT2D eigenvalue weighted by Crippen LogP contribution is 2.18.